The number of aliphatic hydroxyl groups excluding tert-OH is 2. The van der Waals surface area contributed by atoms with E-state index < -0.39 is 67.3 Å². The lowest BCUT2D eigenvalue weighted by Crippen LogP contribution is -2.61. The first-order valence-electron chi connectivity index (χ1n) is 29.6. The van der Waals surface area contributed by atoms with Gasteiger partial charge in [-0.1, -0.05) is 236 Å². The lowest BCUT2D eigenvalue weighted by atomic mass is 9.98. The van der Waals surface area contributed by atoms with Crippen LogP contribution in [-0.4, -0.2) is 89.2 Å². The molecule has 0 aromatic carbocycles. The molecule has 1 aliphatic heterocycles. The summed E-state index contributed by atoms with van der Waals surface area (Å²) in [5.41, 5.74) is 0. The average molecular weight is 1030 g/mol. The van der Waals surface area contributed by atoms with Gasteiger partial charge < -0.3 is 39.0 Å². The Morgan fingerprint density at radius 1 is 0.466 bits per heavy atom. The molecule has 73 heavy (non-hydrogen) atoms. The van der Waals surface area contributed by atoms with Crippen LogP contribution in [0.25, 0.3) is 0 Å². The molecule has 0 bridgehead atoms. The van der Waals surface area contributed by atoms with Crippen LogP contribution in [0.15, 0.2) is 48.6 Å². The largest absolute Gasteiger partial charge is 0.479 e. The molecule has 0 aliphatic carbocycles. The van der Waals surface area contributed by atoms with Crippen LogP contribution in [0.3, 0.4) is 0 Å². The van der Waals surface area contributed by atoms with Crippen LogP contribution >= 0.6 is 0 Å². The van der Waals surface area contributed by atoms with Crippen LogP contribution in [-0.2, 0) is 42.9 Å². The van der Waals surface area contributed by atoms with Crippen molar-refractivity contribution in [2.24, 2.45) is 0 Å². The standard InChI is InChI=1S/C61H106O12/c1-4-7-10-13-16-19-22-24-26-27-29-30-33-35-38-41-44-47-53(62)69-50-52(71-54(63)48-45-42-39-36-32-21-18-15-12-9-6-3)51-70-61-59(57(66)56(65)58(73-61)60(67)68)72-55(64)49-46-43-40-37-34-31-28-25-23-20-17-14-11-8-5-2/h7,10,16,19,24,26,29-30,52,56-59,61,65-66H,4-6,8-9,11-15,17-18,20-23,25,27-28,31-51H2,1-3H3,(H,67,68)/b10-7-,19-16-,26-24-,30-29-. The number of carbonyl (C=O) groups excluding carboxylic acids is 3. The molecule has 1 fully saturated rings. The molecule has 12 heteroatoms. The zero-order valence-corrected chi connectivity index (χ0v) is 46.4. The maximum absolute atomic E-state index is 13.1. The predicted molar refractivity (Wildman–Crippen MR) is 294 cm³/mol. The highest BCUT2D eigenvalue weighted by molar-refractivity contribution is 5.74. The number of rotatable bonds is 50. The molecule has 422 valence electrons. The van der Waals surface area contributed by atoms with Crippen molar-refractivity contribution < 1.29 is 58.2 Å². The molecule has 1 rings (SSSR count). The van der Waals surface area contributed by atoms with Crippen LogP contribution in [0.5, 0.6) is 0 Å². The number of carbonyl (C=O) groups is 4. The second-order valence-electron chi connectivity index (χ2n) is 20.3. The van der Waals surface area contributed by atoms with Gasteiger partial charge in [0, 0.05) is 19.3 Å². The van der Waals surface area contributed by atoms with Gasteiger partial charge in [0.15, 0.2) is 24.6 Å². The molecule has 1 aliphatic rings. The maximum Gasteiger partial charge on any atom is 0.335 e. The van der Waals surface area contributed by atoms with E-state index in [0.717, 1.165) is 96.3 Å². The second-order valence-corrected chi connectivity index (χ2v) is 20.3. The minimum absolute atomic E-state index is 0.0627. The van der Waals surface area contributed by atoms with Crippen molar-refractivity contribution in [1.29, 1.82) is 0 Å². The fraction of sp³-hybridized carbons (Fsp3) is 0.803. The molecule has 1 heterocycles. The number of aliphatic carboxylic acids is 1. The van der Waals surface area contributed by atoms with Crippen LogP contribution in [0.1, 0.15) is 265 Å². The number of carboxylic acid groups (broad SMARTS) is 1. The zero-order valence-electron chi connectivity index (χ0n) is 46.4. The predicted octanol–water partition coefficient (Wildman–Crippen LogP) is 15.0. The van der Waals surface area contributed by atoms with Gasteiger partial charge in [0.2, 0.25) is 0 Å². The van der Waals surface area contributed by atoms with E-state index in [1.807, 2.05) is 0 Å². The van der Waals surface area contributed by atoms with E-state index in [1.165, 1.54) is 109 Å². The van der Waals surface area contributed by atoms with Gasteiger partial charge in [-0.15, -0.1) is 0 Å². The van der Waals surface area contributed by atoms with Crippen LogP contribution in [0.2, 0.25) is 0 Å². The van der Waals surface area contributed by atoms with Crippen molar-refractivity contribution in [2.75, 3.05) is 13.2 Å². The third-order valence-electron chi connectivity index (χ3n) is 13.4. The lowest BCUT2D eigenvalue weighted by molar-refractivity contribution is -0.301. The number of unbranched alkanes of at least 4 members (excludes halogenated alkanes) is 28. The molecule has 0 amide bonds. The second kappa shape index (κ2) is 49.6. The maximum atomic E-state index is 13.1. The molecule has 12 nitrogen and oxygen atoms in total. The monoisotopic (exact) mass is 1030 g/mol. The minimum Gasteiger partial charge on any atom is -0.479 e. The first kappa shape index (κ1) is 67.7. The highest BCUT2D eigenvalue weighted by atomic mass is 16.7. The van der Waals surface area contributed by atoms with Gasteiger partial charge in [0.05, 0.1) is 6.61 Å². The Labute approximate surface area is 443 Å². The molecule has 3 N–H and O–H groups in total. The third kappa shape index (κ3) is 39.7. The Kier molecular flexibility index (Phi) is 45.9. The van der Waals surface area contributed by atoms with Crippen molar-refractivity contribution >= 4 is 23.9 Å². The highest BCUT2D eigenvalue weighted by Gasteiger charge is 2.50. The SMILES string of the molecule is CC/C=C\C/C=C\C/C=C\C/C=C\CCCCCCC(=O)OCC(COC1OC(C(=O)O)C(O)C(O)C1OC(=O)CCCCCCCCCCCCCCCCC)OC(=O)CCCCCCCCCCCCC. The molecular weight excluding hydrogens is 925 g/mol. The van der Waals surface area contributed by atoms with Crippen LogP contribution in [0, 0.1) is 0 Å². The van der Waals surface area contributed by atoms with Crippen molar-refractivity contribution in [3.63, 3.8) is 0 Å². The van der Waals surface area contributed by atoms with Crippen molar-refractivity contribution in [3.05, 3.63) is 48.6 Å². The minimum atomic E-state index is -1.90. The van der Waals surface area contributed by atoms with Crippen molar-refractivity contribution in [3.8, 4) is 0 Å². The van der Waals surface area contributed by atoms with E-state index in [0.29, 0.717) is 19.3 Å². The third-order valence-corrected chi connectivity index (χ3v) is 13.4. The van der Waals surface area contributed by atoms with Crippen molar-refractivity contribution in [1.82, 2.24) is 0 Å². The van der Waals surface area contributed by atoms with Gasteiger partial charge >= 0.3 is 23.9 Å². The quantitative estimate of drug-likeness (QED) is 0.0228. The summed E-state index contributed by atoms with van der Waals surface area (Å²) in [6, 6.07) is 0. The molecule has 0 aromatic rings. The van der Waals surface area contributed by atoms with Crippen molar-refractivity contribution in [2.45, 2.75) is 302 Å². The number of esters is 3. The molecule has 1 saturated heterocycles. The smallest absolute Gasteiger partial charge is 0.335 e. The highest BCUT2D eigenvalue weighted by Crippen LogP contribution is 2.26. The van der Waals surface area contributed by atoms with Gasteiger partial charge in [0.25, 0.3) is 0 Å². The summed E-state index contributed by atoms with van der Waals surface area (Å²) < 4.78 is 28.4. The number of carboxylic acids is 1. The Hall–Kier alpha value is -3.32. The van der Waals surface area contributed by atoms with E-state index in [-0.39, 0.29) is 25.9 Å². The van der Waals surface area contributed by atoms with Crippen LogP contribution < -0.4 is 0 Å². The summed E-state index contributed by atoms with van der Waals surface area (Å²) in [5, 5.41) is 31.5. The van der Waals surface area contributed by atoms with Gasteiger partial charge in [-0.3, -0.25) is 14.4 Å². The zero-order chi connectivity index (χ0) is 53.3. The van der Waals surface area contributed by atoms with Gasteiger partial charge in [-0.05, 0) is 57.8 Å². The first-order valence-corrected chi connectivity index (χ1v) is 29.6. The molecule has 6 atom stereocenters. The van der Waals surface area contributed by atoms with Crippen LogP contribution in [0.4, 0.5) is 0 Å². The van der Waals surface area contributed by atoms with E-state index in [4.69, 9.17) is 23.7 Å². The number of ether oxygens (including phenoxy) is 5. The normalized spacial score (nSPS) is 18.6. The molecule has 6 unspecified atom stereocenters. The van der Waals surface area contributed by atoms with Gasteiger partial charge in [-0.25, -0.2) is 4.79 Å². The van der Waals surface area contributed by atoms with Gasteiger partial charge in [0.1, 0.15) is 18.8 Å². The summed E-state index contributed by atoms with van der Waals surface area (Å²) in [5.74, 6) is -3.13. The number of hydrogen-bond acceptors (Lipinski definition) is 11. The number of aliphatic hydroxyl groups is 2. The summed E-state index contributed by atoms with van der Waals surface area (Å²) in [7, 11) is 0. The molecular formula is C61H106O12. The van der Waals surface area contributed by atoms with E-state index in [2.05, 4.69) is 69.4 Å². The van der Waals surface area contributed by atoms with E-state index in [1.54, 1.807) is 0 Å². The Bertz CT molecular complexity index is 1460. The van der Waals surface area contributed by atoms with E-state index >= 15 is 0 Å². The van der Waals surface area contributed by atoms with Gasteiger partial charge in [-0.2, -0.15) is 0 Å². The summed E-state index contributed by atoms with van der Waals surface area (Å²) >= 11 is 0. The number of hydrogen-bond donors (Lipinski definition) is 3. The Morgan fingerprint density at radius 2 is 0.863 bits per heavy atom. The first-order chi connectivity index (χ1) is 35.6. The average Bonchev–Trinajstić information content (AvgIpc) is 3.37. The molecule has 0 saturated carbocycles. The molecule has 0 aromatic heterocycles. The Morgan fingerprint density at radius 3 is 1.32 bits per heavy atom. The summed E-state index contributed by atoms with van der Waals surface area (Å²) in [6.45, 7) is 5.86. The lowest BCUT2D eigenvalue weighted by Gasteiger charge is -2.40. The topological polar surface area (TPSA) is 175 Å². The Balaban J connectivity index is 2.68. The fourth-order valence-electron chi connectivity index (χ4n) is 8.89. The fourth-order valence-corrected chi connectivity index (χ4v) is 8.89. The van der Waals surface area contributed by atoms with E-state index in [9.17, 15) is 34.5 Å². The molecule has 0 spiro atoms. The molecule has 0 radical (unpaired) electrons. The summed E-state index contributed by atoms with van der Waals surface area (Å²) in [6.07, 6.45) is 46.5. The number of allylic oxidation sites excluding steroid dienone is 8. The summed E-state index contributed by atoms with van der Waals surface area (Å²) in [4.78, 5) is 51.0.